The van der Waals surface area contributed by atoms with Gasteiger partial charge in [-0.15, -0.1) is 0 Å². The number of nitrogens with one attached hydrogen (secondary N) is 1. The monoisotopic (exact) mass is 237 g/mol. The summed E-state index contributed by atoms with van der Waals surface area (Å²) in [6.07, 6.45) is 3.20. The van der Waals surface area contributed by atoms with Crippen LogP contribution < -0.4 is 4.74 Å². The lowest BCUT2D eigenvalue weighted by Gasteiger charge is -2.07. The van der Waals surface area contributed by atoms with Crippen molar-refractivity contribution < 1.29 is 13.9 Å². The number of carbonyl (C=O) groups is 1. The number of aromatic nitrogens is 3. The molecule has 0 aliphatic heterocycles. The van der Waals surface area contributed by atoms with Crippen LogP contribution in [0.15, 0.2) is 12.4 Å². The first-order chi connectivity index (χ1) is 8.24. The number of nitrogens with zero attached hydrogens (tertiary/aromatic N) is 2. The molecule has 1 N–H and O–H groups in total. The first-order valence-corrected chi connectivity index (χ1v) is 5.34. The highest BCUT2D eigenvalue weighted by molar-refractivity contribution is 5.94. The Hall–Kier alpha value is -1.98. The minimum atomic E-state index is -1.42. The minimum Gasteiger partial charge on any atom is -0.429 e. The largest absolute Gasteiger partial charge is 0.429 e. The van der Waals surface area contributed by atoms with Crippen LogP contribution in [0.5, 0.6) is 6.01 Å². The molecule has 17 heavy (non-hydrogen) atoms. The van der Waals surface area contributed by atoms with E-state index >= 15 is 0 Å². The molecule has 2 rings (SSSR count). The summed E-state index contributed by atoms with van der Waals surface area (Å²) in [6.45, 7) is 1.86. The molecule has 0 saturated heterocycles. The Morgan fingerprint density at radius 2 is 2.47 bits per heavy atom. The first kappa shape index (κ1) is 11.5. The molecule has 2 aromatic rings. The van der Waals surface area contributed by atoms with Gasteiger partial charge in [0.05, 0.1) is 17.3 Å². The lowest BCUT2D eigenvalue weighted by Crippen LogP contribution is -2.11. The van der Waals surface area contributed by atoms with Crippen molar-refractivity contribution in [2.75, 3.05) is 0 Å². The molecular formula is C11H12FN3O2. The molecule has 0 aromatic carbocycles. The summed E-state index contributed by atoms with van der Waals surface area (Å²) < 4.78 is 18.1. The lowest BCUT2D eigenvalue weighted by atomic mass is 10.3. The maximum atomic E-state index is 13.2. The number of fused-ring (bicyclic) bond motifs is 1. The van der Waals surface area contributed by atoms with E-state index < -0.39 is 6.36 Å². The normalized spacial score (nSPS) is 12.6. The fourth-order valence-electron chi connectivity index (χ4n) is 1.46. The Kier molecular flexibility index (Phi) is 3.32. The van der Waals surface area contributed by atoms with Crippen molar-refractivity contribution in [2.45, 2.75) is 26.1 Å². The van der Waals surface area contributed by atoms with E-state index in [0.29, 0.717) is 29.3 Å². The second-order valence-corrected chi connectivity index (χ2v) is 3.59. The number of aldehydes is 1. The van der Waals surface area contributed by atoms with Crippen molar-refractivity contribution in [3.8, 4) is 6.01 Å². The molecule has 90 valence electrons. The van der Waals surface area contributed by atoms with Gasteiger partial charge in [0.15, 0.2) is 6.29 Å². The molecule has 0 amide bonds. The summed E-state index contributed by atoms with van der Waals surface area (Å²) in [5.41, 5.74) is 1.46. The van der Waals surface area contributed by atoms with E-state index in [0.717, 1.165) is 0 Å². The molecule has 5 nitrogen and oxygen atoms in total. The third-order valence-electron chi connectivity index (χ3n) is 2.30. The van der Waals surface area contributed by atoms with Crippen molar-refractivity contribution in [2.24, 2.45) is 0 Å². The number of halogens is 1. The van der Waals surface area contributed by atoms with E-state index in [1.165, 1.54) is 12.4 Å². The van der Waals surface area contributed by atoms with Crippen LogP contribution in [0.1, 0.15) is 30.1 Å². The molecule has 0 aliphatic rings. The fourth-order valence-corrected chi connectivity index (χ4v) is 1.46. The smallest absolute Gasteiger partial charge is 0.319 e. The molecule has 2 heterocycles. The number of H-pyrrole nitrogens is 1. The van der Waals surface area contributed by atoms with Gasteiger partial charge in [-0.1, -0.05) is 6.92 Å². The summed E-state index contributed by atoms with van der Waals surface area (Å²) in [4.78, 5) is 21.4. The SMILES string of the molecule is CCCC(F)Oc1ncc2[nH]cc(C=O)c2n1. The zero-order valence-electron chi connectivity index (χ0n) is 9.31. The van der Waals surface area contributed by atoms with E-state index in [1.54, 1.807) is 0 Å². The van der Waals surface area contributed by atoms with Crippen LogP contribution in [0.2, 0.25) is 0 Å². The Bertz CT molecular complexity index is 526. The quantitative estimate of drug-likeness (QED) is 0.810. The summed E-state index contributed by atoms with van der Waals surface area (Å²) in [7, 11) is 0. The van der Waals surface area contributed by atoms with Crippen LogP contribution in [-0.4, -0.2) is 27.6 Å². The van der Waals surface area contributed by atoms with Crippen molar-refractivity contribution in [3.05, 3.63) is 18.0 Å². The van der Waals surface area contributed by atoms with Crippen LogP contribution in [0.4, 0.5) is 4.39 Å². The van der Waals surface area contributed by atoms with Crippen molar-refractivity contribution in [1.29, 1.82) is 0 Å². The Balaban J connectivity index is 2.26. The van der Waals surface area contributed by atoms with Gasteiger partial charge in [-0.05, 0) is 6.42 Å². The number of hydrogen-bond donors (Lipinski definition) is 1. The number of hydrogen-bond acceptors (Lipinski definition) is 4. The molecule has 2 aromatic heterocycles. The molecule has 1 unspecified atom stereocenters. The standard InChI is InChI=1S/C11H12FN3O2/c1-2-3-9(12)17-11-14-5-8-10(15-11)7(6-16)4-13-8/h4-6,9,13H,2-3H2,1H3. The van der Waals surface area contributed by atoms with E-state index in [1.807, 2.05) is 6.92 Å². The first-order valence-electron chi connectivity index (χ1n) is 5.34. The summed E-state index contributed by atoms with van der Waals surface area (Å²) in [6, 6.07) is -0.0545. The second kappa shape index (κ2) is 4.90. The summed E-state index contributed by atoms with van der Waals surface area (Å²) in [5.74, 6) is 0. The van der Waals surface area contributed by atoms with Crippen molar-refractivity contribution in [1.82, 2.24) is 15.0 Å². The molecule has 0 saturated carbocycles. The van der Waals surface area contributed by atoms with E-state index in [-0.39, 0.29) is 12.4 Å². The number of carbonyl (C=O) groups excluding carboxylic acids is 1. The maximum absolute atomic E-state index is 13.2. The maximum Gasteiger partial charge on any atom is 0.319 e. The topological polar surface area (TPSA) is 67.9 Å². The highest BCUT2D eigenvalue weighted by Crippen LogP contribution is 2.17. The Morgan fingerprint density at radius 3 is 3.18 bits per heavy atom. The number of alkyl halides is 1. The van der Waals surface area contributed by atoms with E-state index in [2.05, 4.69) is 15.0 Å². The molecule has 1 atom stereocenters. The Labute approximate surface area is 97.0 Å². The third-order valence-corrected chi connectivity index (χ3v) is 2.30. The average Bonchev–Trinajstić information content (AvgIpc) is 2.71. The highest BCUT2D eigenvalue weighted by atomic mass is 19.1. The predicted molar refractivity (Wildman–Crippen MR) is 59.7 cm³/mol. The van der Waals surface area contributed by atoms with Crippen LogP contribution in [-0.2, 0) is 0 Å². The minimum absolute atomic E-state index is 0.0545. The number of aromatic amines is 1. The van der Waals surface area contributed by atoms with Gasteiger partial charge in [0, 0.05) is 12.6 Å². The van der Waals surface area contributed by atoms with Crippen molar-refractivity contribution >= 4 is 17.3 Å². The zero-order valence-corrected chi connectivity index (χ0v) is 9.31. The average molecular weight is 237 g/mol. The fraction of sp³-hybridized carbons (Fsp3) is 0.364. The van der Waals surface area contributed by atoms with Gasteiger partial charge in [-0.25, -0.2) is 9.37 Å². The van der Waals surface area contributed by atoms with Gasteiger partial charge in [-0.2, -0.15) is 4.98 Å². The number of rotatable bonds is 5. The van der Waals surface area contributed by atoms with E-state index in [4.69, 9.17) is 4.74 Å². The van der Waals surface area contributed by atoms with Gasteiger partial charge >= 0.3 is 6.01 Å². The molecule has 0 fully saturated rings. The van der Waals surface area contributed by atoms with Crippen LogP contribution in [0.3, 0.4) is 0 Å². The molecule has 0 aliphatic carbocycles. The highest BCUT2D eigenvalue weighted by Gasteiger charge is 2.11. The summed E-state index contributed by atoms with van der Waals surface area (Å²) in [5, 5.41) is 0. The molecule has 0 bridgehead atoms. The zero-order chi connectivity index (χ0) is 12.3. The van der Waals surface area contributed by atoms with Crippen LogP contribution >= 0.6 is 0 Å². The molecular weight excluding hydrogens is 225 g/mol. The van der Waals surface area contributed by atoms with Gasteiger partial charge in [0.1, 0.15) is 5.52 Å². The number of ether oxygens (including phenoxy) is 1. The van der Waals surface area contributed by atoms with Crippen LogP contribution in [0.25, 0.3) is 11.0 Å². The lowest BCUT2D eigenvalue weighted by molar-refractivity contribution is 0.0498. The second-order valence-electron chi connectivity index (χ2n) is 3.59. The van der Waals surface area contributed by atoms with Crippen LogP contribution in [0, 0.1) is 0 Å². The van der Waals surface area contributed by atoms with Gasteiger partial charge in [0.2, 0.25) is 6.36 Å². The van der Waals surface area contributed by atoms with Gasteiger partial charge < -0.3 is 9.72 Å². The summed E-state index contributed by atoms with van der Waals surface area (Å²) >= 11 is 0. The van der Waals surface area contributed by atoms with Crippen molar-refractivity contribution in [3.63, 3.8) is 0 Å². The Morgan fingerprint density at radius 1 is 1.65 bits per heavy atom. The molecule has 0 radical (unpaired) electrons. The van der Waals surface area contributed by atoms with Gasteiger partial charge in [-0.3, -0.25) is 4.79 Å². The molecule has 6 heteroatoms. The van der Waals surface area contributed by atoms with Gasteiger partial charge in [0.25, 0.3) is 0 Å². The van der Waals surface area contributed by atoms with E-state index in [9.17, 15) is 9.18 Å². The molecule has 0 spiro atoms. The third kappa shape index (κ3) is 2.41. The predicted octanol–water partition coefficient (Wildman–Crippen LogP) is 2.24.